The highest BCUT2D eigenvalue weighted by Crippen LogP contribution is 2.35. The molecule has 2 aromatic rings. The lowest BCUT2D eigenvalue weighted by Crippen LogP contribution is -2.40. The van der Waals surface area contributed by atoms with E-state index in [1.807, 2.05) is 0 Å². The summed E-state index contributed by atoms with van der Waals surface area (Å²) >= 11 is 6.05. The van der Waals surface area contributed by atoms with Gasteiger partial charge in [-0.2, -0.15) is 5.10 Å². The summed E-state index contributed by atoms with van der Waals surface area (Å²) < 4.78 is 32.9. The molecule has 0 aliphatic carbocycles. The van der Waals surface area contributed by atoms with Crippen LogP contribution in [0.25, 0.3) is 0 Å². The molecule has 0 aliphatic rings. The lowest BCUT2D eigenvalue weighted by molar-refractivity contribution is -0.385. The van der Waals surface area contributed by atoms with Crippen LogP contribution in [0, 0.1) is 17.0 Å². The van der Waals surface area contributed by atoms with Gasteiger partial charge in [0.1, 0.15) is 12.3 Å². The predicted octanol–water partition coefficient (Wildman–Crippen LogP) is 3.27. The average molecular weight is 469 g/mol. The first-order valence-corrected chi connectivity index (χ1v) is 10.7. The molecule has 2 rings (SSSR count). The van der Waals surface area contributed by atoms with E-state index in [1.54, 1.807) is 13.8 Å². The minimum absolute atomic E-state index is 0.00872. The van der Waals surface area contributed by atoms with Gasteiger partial charge in [0.05, 0.1) is 22.6 Å². The van der Waals surface area contributed by atoms with E-state index in [-0.39, 0.29) is 27.0 Å². The summed E-state index contributed by atoms with van der Waals surface area (Å²) in [5.41, 5.74) is 2.73. The minimum Gasteiger partial charge on any atom is -0.495 e. The van der Waals surface area contributed by atoms with Crippen molar-refractivity contribution in [3.05, 3.63) is 57.1 Å². The molecule has 0 spiro atoms. The van der Waals surface area contributed by atoms with Crippen LogP contribution < -0.4 is 14.5 Å². The number of benzene rings is 2. The van der Waals surface area contributed by atoms with Crippen molar-refractivity contribution < 1.29 is 22.9 Å². The lowest BCUT2D eigenvalue weighted by atomic mass is 10.2. The zero-order chi connectivity index (χ0) is 23.3. The van der Waals surface area contributed by atoms with Gasteiger partial charge in [-0.15, -0.1) is 0 Å². The van der Waals surface area contributed by atoms with Gasteiger partial charge in [-0.25, -0.2) is 13.8 Å². The van der Waals surface area contributed by atoms with Gasteiger partial charge < -0.3 is 4.74 Å². The Morgan fingerprint density at radius 2 is 1.94 bits per heavy atom. The number of methoxy groups -OCH3 is 1. The third kappa shape index (κ3) is 5.70. The Morgan fingerprint density at radius 1 is 1.26 bits per heavy atom. The quantitative estimate of drug-likeness (QED) is 0.359. The van der Waals surface area contributed by atoms with E-state index in [1.165, 1.54) is 44.4 Å². The van der Waals surface area contributed by atoms with Crippen molar-refractivity contribution in [2.24, 2.45) is 5.10 Å². The van der Waals surface area contributed by atoms with Crippen LogP contribution in [-0.4, -0.2) is 38.6 Å². The first-order chi connectivity index (χ1) is 14.5. The van der Waals surface area contributed by atoms with Gasteiger partial charge in [0.2, 0.25) is 0 Å². The zero-order valence-electron chi connectivity index (χ0n) is 17.2. The van der Waals surface area contributed by atoms with Gasteiger partial charge in [0.25, 0.3) is 21.6 Å². The van der Waals surface area contributed by atoms with E-state index in [2.05, 4.69) is 10.5 Å². The van der Waals surface area contributed by atoms with Crippen molar-refractivity contribution in [1.82, 2.24) is 5.43 Å². The van der Waals surface area contributed by atoms with Crippen LogP contribution in [-0.2, 0) is 14.8 Å². The van der Waals surface area contributed by atoms with E-state index in [9.17, 15) is 23.3 Å². The Bertz CT molecular complexity index is 1150. The van der Waals surface area contributed by atoms with E-state index in [0.29, 0.717) is 11.3 Å². The fourth-order valence-corrected chi connectivity index (χ4v) is 4.18. The predicted molar refractivity (Wildman–Crippen MR) is 117 cm³/mol. The number of amides is 1. The van der Waals surface area contributed by atoms with E-state index < -0.39 is 27.4 Å². The molecule has 0 heterocycles. The maximum Gasteiger partial charge on any atom is 0.273 e. The second-order valence-corrected chi connectivity index (χ2v) is 8.93. The summed E-state index contributed by atoms with van der Waals surface area (Å²) in [5, 5.41) is 15.3. The molecule has 12 heteroatoms. The van der Waals surface area contributed by atoms with E-state index in [4.69, 9.17) is 16.3 Å². The fraction of sp³-hybridized carbons (Fsp3) is 0.263. The van der Waals surface area contributed by atoms with Gasteiger partial charge in [-0.3, -0.25) is 19.2 Å². The van der Waals surface area contributed by atoms with Crippen molar-refractivity contribution in [2.75, 3.05) is 18.0 Å². The number of ether oxygens (including phenoxy) is 1. The van der Waals surface area contributed by atoms with Gasteiger partial charge >= 0.3 is 0 Å². The Hall–Kier alpha value is -3.18. The molecule has 0 radical (unpaired) electrons. The third-order valence-corrected chi connectivity index (χ3v) is 6.06. The van der Waals surface area contributed by atoms with Crippen molar-refractivity contribution >= 4 is 44.6 Å². The standard InChI is InChI=1S/C19H21ClN4O6S/c1-12(2)21-22-19(25)11-23(17-9-14(20)6-8-18(17)30-4)31(28,29)15-7-5-13(3)16(10-15)24(26)27/h5-10H,11H2,1-4H3,(H,22,25). The largest absolute Gasteiger partial charge is 0.495 e. The highest BCUT2D eigenvalue weighted by Gasteiger charge is 2.31. The SMILES string of the molecule is COc1ccc(Cl)cc1N(CC(=O)NN=C(C)C)S(=O)(=O)c1ccc(C)c([N+](=O)[O-])c1. The molecule has 1 N–H and O–H groups in total. The number of nitro benzene ring substituents is 1. The molecule has 1 amide bonds. The molecule has 10 nitrogen and oxygen atoms in total. The first kappa shape index (κ1) is 24.1. The number of carbonyl (C=O) groups is 1. The van der Waals surface area contributed by atoms with Crippen molar-refractivity contribution in [3.8, 4) is 5.75 Å². The highest BCUT2D eigenvalue weighted by atomic mass is 35.5. The van der Waals surface area contributed by atoms with Crippen LogP contribution in [0.4, 0.5) is 11.4 Å². The van der Waals surface area contributed by atoms with E-state index >= 15 is 0 Å². The Labute approximate surface area is 184 Å². The summed E-state index contributed by atoms with van der Waals surface area (Å²) in [4.78, 5) is 22.7. The summed E-state index contributed by atoms with van der Waals surface area (Å²) in [7, 11) is -3.10. The number of hydrogen-bond acceptors (Lipinski definition) is 7. The van der Waals surface area contributed by atoms with E-state index in [0.717, 1.165) is 10.4 Å². The van der Waals surface area contributed by atoms with Gasteiger partial charge in [0, 0.05) is 22.4 Å². The summed E-state index contributed by atoms with van der Waals surface area (Å²) in [5.74, 6) is -0.592. The topological polar surface area (TPSA) is 131 Å². The summed E-state index contributed by atoms with van der Waals surface area (Å²) in [6, 6.07) is 7.76. The van der Waals surface area contributed by atoms with Crippen LogP contribution >= 0.6 is 11.6 Å². The number of hydrogen-bond donors (Lipinski definition) is 1. The fourth-order valence-electron chi connectivity index (χ4n) is 2.57. The Morgan fingerprint density at radius 3 is 2.52 bits per heavy atom. The zero-order valence-corrected chi connectivity index (χ0v) is 18.8. The molecule has 31 heavy (non-hydrogen) atoms. The first-order valence-electron chi connectivity index (χ1n) is 8.88. The van der Waals surface area contributed by atoms with Crippen molar-refractivity contribution in [2.45, 2.75) is 25.7 Å². The van der Waals surface area contributed by atoms with Gasteiger partial charge in [-0.1, -0.05) is 17.7 Å². The molecule has 0 unspecified atom stereocenters. The normalized spacial score (nSPS) is 10.9. The average Bonchev–Trinajstić information content (AvgIpc) is 2.70. The number of nitrogens with one attached hydrogen (secondary N) is 1. The van der Waals surface area contributed by atoms with Crippen LogP contribution in [0.3, 0.4) is 0 Å². The number of carbonyl (C=O) groups excluding carboxylic acids is 1. The second-order valence-electron chi connectivity index (χ2n) is 6.63. The lowest BCUT2D eigenvalue weighted by Gasteiger charge is -2.25. The number of rotatable bonds is 8. The second kappa shape index (κ2) is 9.75. The Balaban J connectivity index is 2.65. The van der Waals surface area contributed by atoms with Gasteiger partial charge in [0.15, 0.2) is 0 Å². The maximum absolute atomic E-state index is 13.5. The highest BCUT2D eigenvalue weighted by molar-refractivity contribution is 7.92. The molecule has 2 aromatic carbocycles. The van der Waals surface area contributed by atoms with Crippen LogP contribution in [0.2, 0.25) is 5.02 Å². The van der Waals surface area contributed by atoms with Crippen molar-refractivity contribution in [1.29, 1.82) is 0 Å². The molecule has 166 valence electrons. The van der Waals surface area contributed by atoms with Crippen LogP contribution in [0.5, 0.6) is 5.75 Å². The molecular formula is C19H21ClN4O6S. The number of hydrazone groups is 1. The molecule has 0 aromatic heterocycles. The number of nitro groups is 1. The molecule has 0 saturated carbocycles. The molecular weight excluding hydrogens is 448 g/mol. The number of sulfonamides is 1. The number of aryl methyl sites for hydroxylation is 1. The van der Waals surface area contributed by atoms with Crippen LogP contribution in [0.1, 0.15) is 19.4 Å². The monoisotopic (exact) mass is 468 g/mol. The molecule has 0 saturated heterocycles. The number of halogens is 1. The molecule has 0 fully saturated rings. The smallest absolute Gasteiger partial charge is 0.273 e. The number of nitrogens with zero attached hydrogens (tertiary/aromatic N) is 3. The number of anilines is 1. The summed E-state index contributed by atoms with van der Waals surface area (Å²) in [6.45, 7) is 4.13. The maximum atomic E-state index is 13.5. The third-order valence-electron chi connectivity index (χ3n) is 4.07. The Kier molecular flexibility index (Phi) is 7.58. The molecule has 0 bridgehead atoms. The minimum atomic E-state index is -4.43. The van der Waals surface area contributed by atoms with Gasteiger partial charge in [-0.05, 0) is 45.0 Å². The van der Waals surface area contributed by atoms with Crippen LogP contribution in [0.15, 0.2) is 46.4 Å². The molecule has 0 atom stereocenters. The summed E-state index contributed by atoms with van der Waals surface area (Å²) in [6.07, 6.45) is 0. The molecule has 0 aliphatic heterocycles. The van der Waals surface area contributed by atoms with Crippen molar-refractivity contribution in [3.63, 3.8) is 0 Å².